The zero-order valence-electron chi connectivity index (χ0n) is 17.0. The summed E-state index contributed by atoms with van der Waals surface area (Å²) in [5.74, 6) is 0.331. The first-order valence-corrected chi connectivity index (χ1v) is 9.60. The molecule has 0 unspecified atom stereocenters. The lowest BCUT2D eigenvalue weighted by Crippen LogP contribution is -2.08. The topological polar surface area (TPSA) is 56.5 Å². The van der Waals surface area contributed by atoms with Gasteiger partial charge in [-0.3, -0.25) is 0 Å². The van der Waals surface area contributed by atoms with Crippen molar-refractivity contribution in [1.29, 1.82) is 0 Å². The third kappa shape index (κ3) is 4.16. The number of rotatable bonds is 5. The van der Waals surface area contributed by atoms with Crippen molar-refractivity contribution in [3.8, 4) is 0 Å². The molecule has 0 amide bonds. The minimum Gasteiger partial charge on any atom is -0.457 e. The van der Waals surface area contributed by atoms with Crippen LogP contribution in [-0.4, -0.2) is 5.97 Å². The van der Waals surface area contributed by atoms with Gasteiger partial charge in [0.05, 0.1) is 5.56 Å². The molecule has 2 aromatic carbocycles. The number of benzene rings is 2. The first-order valence-electron chi connectivity index (χ1n) is 9.60. The number of fused-ring (bicyclic) bond motifs is 1. The third-order valence-corrected chi connectivity index (χ3v) is 5.01. The molecule has 0 spiro atoms. The van der Waals surface area contributed by atoms with Crippen molar-refractivity contribution >= 4 is 16.9 Å². The second-order valence-electron chi connectivity index (χ2n) is 7.80. The van der Waals surface area contributed by atoms with Gasteiger partial charge < -0.3 is 9.15 Å². The van der Waals surface area contributed by atoms with Gasteiger partial charge in [-0.05, 0) is 59.7 Å². The zero-order valence-corrected chi connectivity index (χ0v) is 17.0. The van der Waals surface area contributed by atoms with E-state index in [1.54, 1.807) is 12.1 Å². The Bertz CT molecular complexity index is 1060. The Morgan fingerprint density at radius 2 is 1.68 bits per heavy atom. The summed E-state index contributed by atoms with van der Waals surface area (Å²) in [6, 6.07) is 12.7. The van der Waals surface area contributed by atoms with Gasteiger partial charge in [0.1, 0.15) is 12.2 Å². The quantitative estimate of drug-likeness (QED) is 0.422. The molecule has 0 aliphatic rings. The van der Waals surface area contributed by atoms with Crippen LogP contribution < -0.4 is 5.63 Å². The predicted octanol–water partition coefficient (Wildman–Crippen LogP) is 5.71. The molecular weight excluding hydrogens is 352 g/mol. The summed E-state index contributed by atoms with van der Waals surface area (Å²) in [6.45, 7) is 10.5. The molecule has 0 aliphatic heterocycles. The maximum absolute atomic E-state index is 12.4. The second kappa shape index (κ2) is 8.01. The normalized spacial score (nSPS) is 11.4. The van der Waals surface area contributed by atoms with Gasteiger partial charge in [0, 0.05) is 17.0 Å². The van der Waals surface area contributed by atoms with Crippen molar-refractivity contribution < 1.29 is 13.9 Å². The van der Waals surface area contributed by atoms with E-state index >= 15 is 0 Å². The molecule has 1 aromatic heterocycles. The summed E-state index contributed by atoms with van der Waals surface area (Å²) in [4.78, 5) is 24.4. The SMILES string of the molecule is Cc1cc2oc(=O)cc(COC(=O)c3ccc(C(C)C)cc3)c2cc1C(C)C. The molecule has 0 radical (unpaired) electrons. The Labute approximate surface area is 165 Å². The van der Waals surface area contributed by atoms with Crippen molar-refractivity contribution in [3.63, 3.8) is 0 Å². The first-order chi connectivity index (χ1) is 13.3. The van der Waals surface area contributed by atoms with E-state index < -0.39 is 11.6 Å². The Kier molecular flexibility index (Phi) is 5.68. The molecule has 4 heteroatoms. The van der Waals surface area contributed by atoms with Gasteiger partial charge in [-0.2, -0.15) is 0 Å². The van der Waals surface area contributed by atoms with Gasteiger partial charge in [0.25, 0.3) is 0 Å². The number of esters is 1. The van der Waals surface area contributed by atoms with Crippen LogP contribution in [0.25, 0.3) is 11.0 Å². The highest BCUT2D eigenvalue weighted by Crippen LogP contribution is 2.27. The van der Waals surface area contributed by atoms with Crippen LogP contribution in [0, 0.1) is 6.92 Å². The van der Waals surface area contributed by atoms with Gasteiger partial charge in [0.2, 0.25) is 0 Å². The van der Waals surface area contributed by atoms with E-state index in [2.05, 4.69) is 27.7 Å². The molecule has 0 fully saturated rings. The van der Waals surface area contributed by atoms with E-state index in [-0.39, 0.29) is 6.61 Å². The molecule has 0 saturated carbocycles. The molecule has 4 nitrogen and oxygen atoms in total. The summed E-state index contributed by atoms with van der Waals surface area (Å²) in [6.07, 6.45) is 0. The minimum absolute atomic E-state index is 0.0213. The number of hydrogen-bond acceptors (Lipinski definition) is 4. The van der Waals surface area contributed by atoms with Crippen LogP contribution in [-0.2, 0) is 11.3 Å². The lowest BCUT2D eigenvalue weighted by molar-refractivity contribution is 0.0474. The highest BCUT2D eigenvalue weighted by molar-refractivity contribution is 5.89. The first kappa shape index (κ1) is 19.9. The average molecular weight is 378 g/mol. The van der Waals surface area contributed by atoms with E-state index in [0.29, 0.717) is 28.5 Å². The molecule has 1 heterocycles. The van der Waals surface area contributed by atoms with Crippen LogP contribution in [0.15, 0.2) is 51.7 Å². The van der Waals surface area contributed by atoms with E-state index in [0.717, 1.165) is 10.9 Å². The van der Waals surface area contributed by atoms with Crippen molar-refractivity contribution in [2.45, 2.75) is 53.1 Å². The summed E-state index contributed by atoms with van der Waals surface area (Å²) in [5.41, 5.74) is 4.64. The maximum atomic E-state index is 12.4. The number of hydrogen-bond donors (Lipinski definition) is 0. The maximum Gasteiger partial charge on any atom is 0.338 e. The molecule has 0 N–H and O–H groups in total. The van der Waals surface area contributed by atoms with Gasteiger partial charge in [-0.1, -0.05) is 39.8 Å². The zero-order chi connectivity index (χ0) is 20.4. The Morgan fingerprint density at radius 3 is 2.29 bits per heavy atom. The summed E-state index contributed by atoms with van der Waals surface area (Å²) in [5, 5.41) is 0.803. The number of carbonyl (C=O) groups excluding carboxylic acids is 1. The molecule has 28 heavy (non-hydrogen) atoms. The second-order valence-corrected chi connectivity index (χ2v) is 7.80. The smallest absolute Gasteiger partial charge is 0.338 e. The molecule has 0 atom stereocenters. The van der Waals surface area contributed by atoms with E-state index in [4.69, 9.17) is 9.15 Å². The standard InChI is InChI=1S/C24H26O4/c1-14(2)17-6-8-18(9-7-17)24(26)27-13-19-11-23(25)28-22-10-16(5)20(15(3)4)12-21(19)22/h6-12,14-15H,13H2,1-5H3. The van der Waals surface area contributed by atoms with Crippen LogP contribution in [0.5, 0.6) is 0 Å². The van der Waals surface area contributed by atoms with Crippen LogP contribution in [0.4, 0.5) is 0 Å². The summed E-state index contributed by atoms with van der Waals surface area (Å²) >= 11 is 0. The van der Waals surface area contributed by atoms with Crippen molar-refractivity contribution in [3.05, 3.63) is 80.7 Å². The number of carbonyl (C=O) groups is 1. The van der Waals surface area contributed by atoms with E-state index in [9.17, 15) is 9.59 Å². The van der Waals surface area contributed by atoms with Crippen LogP contribution in [0.2, 0.25) is 0 Å². The Hall–Kier alpha value is -2.88. The highest BCUT2D eigenvalue weighted by atomic mass is 16.5. The van der Waals surface area contributed by atoms with Gasteiger partial charge in [-0.15, -0.1) is 0 Å². The van der Waals surface area contributed by atoms with Crippen LogP contribution in [0.1, 0.15) is 72.1 Å². The monoisotopic (exact) mass is 378 g/mol. The van der Waals surface area contributed by atoms with Crippen LogP contribution in [0.3, 0.4) is 0 Å². The fourth-order valence-electron chi connectivity index (χ4n) is 3.36. The van der Waals surface area contributed by atoms with Gasteiger partial charge >= 0.3 is 11.6 Å². The fourth-order valence-corrected chi connectivity index (χ4v) is 3.36. The third-order valence-electron chi connectivity index (χ3n) is 5.01. The summed E-state index contributed by atoms with van der Waals surface area (Å²) in [7, 11) is 0. The van der Waals surface area contributed by atoms with E-state index in [1.807, 2.05) is 31.2 Å². The van der Waals surface area contributed by atoms with Crippen molar-refractivity contribution in [1.82, 2.24) is 0 Å². The number of ether oxygens (including phenoxy) is 1. The Balaban J connectivity index is 1.88. The lowest BCUT2D eigenvalue weighted by atomic mass is 9.95. The average Bonchev–Trinajstić information content (AvgIpc) is 2.64. The fraction of sp³-hybridized carbons (Fsp3) is 0.333. The molecule has 146 valence electrons. The lowest BCUT2D eigenvalue weighted by Gasteiger charge is -2.13. The van der Waals surface area contributed by atoms with Crippen molar-refractivity contribution in [2.75, 3.05) is 0 Å². The van der Waals surface area contributed by atoms with Crippen LogP contribution >= 0.6 is 0 Å². The summed E-state index contributed by atoms with van der Waals surface area (Å²) < 4.78 is 10.8. The molecule has 3 aromatic rings. The number of aryl methyl sites for hydroxylation is 1. The van der Waals surface area contributed by atoms with E-state index in [1.165, 1.54) is 17.2 Å². The molecule has 3 rings (SSSR count). The molecule has 0 bridgehead atoms. The molecular formula is C24H26O4. The molecule has 0 saturated heterocycles. The predicted molar refractivity (Wildman–Crippen MR) is 111 cm³/mol. The highest BCUT2D eigenvalue weighted by Gasteiger charge is 2.14. The molecule has 0 aliphatic carbocycles. The largest absolute Gasteiger partial charge is 0.457 e. The van der Waals surface area contributed by atoms with Crippen molar-refractivity contribution in [2.24, 2.45) is 0 Å². The van der Waals surface area contributed by atoms with Gasteiger partial charge in [-0.25, -0.2) is 9.59 Å². The van der Waals surface area contributed by atoms with Gasteiger partial charge in [0.15, 0.2) is 0 Å². The Morgan fingerprint density at radius 1 is 1.00 bits per heavy atom. The minimum atomic E-state index is -0.448.